The third-order valence-corrected chi connectivity index (χ3v) is 3.76. The highest BCUT2D eigenvalue weighted by Gasteiger charge is 2.14. The van der Waals surface area contributed by atoms with Crippen molar-refractivity contribution in [3.8, 4) is 0 Å². The van der Waals surface area contributed by atoms with Gasteiger partial charge in [-0.2, -0.15) is 0 Å². The van der Waals surface area contributed by atoms with Crippen LogP contribution in [0.1, 0.15) is 38.8 Å². The van der Waals surface area contributed by atoms with Crippen LogP contribution in [0.3, 0.4) is 0 Å². The molecule has 0 radical (unpaired) electrons. The first-order valence-electron chi connectivity index (χ1n) is 7.13. The molecular formula is C18H24N2. The van der Waals surface area contributed by atoms with Crippen molar-refractivity contribution < 1.29 is 0 Å². The topological polar surface area (TPSA) is 17.8 Å². The van der Waals surface area contributed by atoms with Gasteiger partial charge in [0, 0.05) is 18.9 Å². The number of hydrogen-bond acceptors (Lipinski definition) is 1. The average Bonchev–Trinajstić information content (AvgIpc) is 2.90. The number of aromatic nitrogens is 2. The molecule has 1 aromatic carbocycles. The summed E-state index contributed by atoms with van der Waals surface area (Å²) >= 11 is 0. The van der Waals surface area contributed by atoms with E-state index < -0.39 is 0 Å². The summed E-state index contributed by atoms with van der Waals surface area (Å²) in [6, 6.07) is 8.80. The molecule has 106 valence electrons. The lowest BCUT2D eigenvalue weighted by atomic mass is 9.85. The largest absolute Gasteiger partial charge is 0.337 e. The lowest BCUT2D eigenvalue weighted by Crippen LogP contribution is -2.11. The first-order chi connectivity index (χ1) is 9.38. The minimum atomic E-state index is 0.197. The lowest BCUT2D eigenvalue weighted by molar-refractivity contribution is 0.582. The zero-order chi connectivity index (χ0) is 14.8. The monoisotopic (exact) mass is 268 g/mol. The van der Waals surface area contributed by atoms with Gasteiger partial charge in [-0.15, -0.1) is 0 Å². The van der Waals surface area contributed by atoms with Crippen molar-refractivity contribution in [1.29, 1.82) is 0 Å². The molecule has 0 fully saturated rings. The molecule has 0 bridgehead atoms. The molecule has 1 aromatic heterocycles. The summed E-state index contributed by atoms with van der Waals surface area (Å²) in [6.45, 7) is 14.1. The number of rotatable bonds is 4. The van der Waals surface area contributed by atoms with Crippen molar-refractivity contribution in [2.24, 2.45) is 5.92 Å². The zero-order valence-corrected chi connectivity index (χ0v) is 12.9. The Labute approximate surface area is 122 Å². The Hall–Kier alpha value is -1.83. The van der Waals surface area contributed by atoms with Crippen molar-refractivity contribution >= 4 is 5.57 Å². The number of hydrogen-bond donors (Lipinski definition) is 0. The number of allylic oxidation sites excluding steroid dienone is 1. The number of benzene rings is 1. The van der Waals surface area contributed by atoms with Crippen LogP contribution in [-0.2, 0) is 12.0 Å². The number of imidazole rings is 1. The van der Waals surface area contributed by atoms with E-state index in [4.69, 9.17) is 0 Å². The molecule has 0 aliphatic heterocycles. The van der Waals surface area contributed by atoms with Gasteiger partial charge in [-0.25, -0.2) is 4.98 Å². The SMILES string of the molecule is C=C(c1ccc(C(C)(C)C)cc1)C(C)Cn1ccnc1. The van der Waals surface area contributed by atoms with Crippen LogP contribution in [0.2, 0.25) is 0 Å². The van der Waals surface area contributed by atoms with Gasteiger partial charge in [-0.1, -0.05) is 58.5 Å². The van der Waals surface area contributed by atoms with E-state index in [0.29, 0.717) is 5.92 Å². The minimum absolute atomic E-state index is 0.197. The van der Waals surface area contributed by atoms with E-state index in [2.05, 4.69) is 68.1 Å². The summed E-state index contributed by atoms with van der Waals surface area (Å²) in [5.41, 5.74) is 3.96. The fourth-order valence-corrected chi connectivity index (χ4v) is 2.29. The summed E-state index contributed by atoms with van der Waals surface area (Å²) in [5.74, 6) is 0.393. The van der Waals surface area contributed by atoms with Gasteiger partial charge in [-0.05, 0) is 28.0 Å². The highest BCUT2D eigenvalue weighted by molar-refractivity contribution is 5.65. The minimum Gasteiger partial charge on any atom is -0.337 e. The maximum absolute atomic E-state index is 4.26. The Balaban J connectivity index is 2.09. The quantitative estimate of drug-likeness (QED) is 0.796. The van der Waals surface area contributed by atoms with Crippen molar-refractivity contribution in [2.75, 3.05) is 0 Å². The molecule has 0 saturated heterocycles. The molecule has 2 heteroatoms. The summed E-state index contributed by atoms with van der Waals surface area (Å²) in [6.07, 6.45) is 5.66. The van der Waals surface area contributed by atoms with Gasteiger partial charge < -0.3 is 4.57 Å². The molecular weight excluding hydrogens is 244 g/mol. The predicted molar refractivity (Wildman–Crippen MR) is 85.6 cm³/mol. The second-order valence-electron chi connectivity index (χ2n) is 6.51. The molecule has 2 nitrogen and oxygen atoms in total. The summed E-state index contributed by atoms with van der Waals surface area (Å²) in [7, 11) is 0. The van der Waals surface area contributed by atoms with Gasteiger partial charge in [0.15, 0.2) is 0 Å². The molecule has 0 N–H and O–H groups in total. The summed E-state index contributed by atoms with van der Waals surface area (Å²) in [4.78, 5) is 4.08. The fourth-order valence-electron chi connectivity index (χ4n) is 2.29. The van der Waals surface area contributed by atoms with E-state index in [9.17, 15) is 0 Å². The van der Waals surface area contributed by atoms with Crippen LogP contribution in [-0.4, -0.2) is 9.55 Å². The third kappa shape index (κ3) is 3.38. The summed E-state index contributed by atoms with van der Waals surface area (Å²) in [5, 5.41) is 0. The molecule has 0 aliphatic carbocycles. The Morgan fingerprint density at radius 3 is 2.40 bits per heavy atom. The molecule has 0 amide bonds. The van der Waals surface area contributed by atoms with Crippen molar-refractivity contribution in [3.63, 3.8) is 0 Å². The van der Waals surface area contributed by atoms with E-state index in [1.807, 2.05) is 18.7 Å². The Kier molecular flexibility index (Phi) is 4.12. The van der Waals surface area contributed by atoms with E-state index in [-0.39, 0.29) is 5.41 Å². The highest BCUT2D eigenvalue weighted by Crippen LogP contribution is 2.27. The molecule has 0 spiro atoms. The second kappa shape index (κ2) is 5.66. The first-order valence-corrected chi connectivity index (χ1v) is 7.13. The number of nitrogens with zero attached hydrogens (tertiary/aromatic N) is 2. The van der Waals surface area contributed by atoms with Crippen LogP contribution < -0.4 is 0 Å². The molecule has 2 aromatic rings. The van der Waals surface area contributed by atoms with Crippen LogP contribution in [0, 0.1) is 5.92 Å². The predicted octanol–water partition coefficient (Wildman–Crippen LogP) is 4.53. The maximum atomic E-state index is 4.26. The van der Waals surface area contributed by atoms with E-state index in [1.54, 1.807) is 0 Å². The van der Waals surface area contributed by atoms with Crippen LogP contribution in [0.5, 0.6) is 0 Å². The average molecular weight is 268 g/mol. The van der Waals surface area contributed by atoms with Gasteiger partial charge in [0.05, 0.1) is 6.33 Å². The van der Waals surface area contributed by atoms with Gasteiger partial charge in [0.2, 0.25) is 0 Å². The molecule has 1 heterocycles. The highest BCUT2D eigenvalue weighted by atomic mass is 15.0. The first kappa shape index (κ1) is 14.6. The van der Waals surface area contributed by atoms with Crippen molar-refractivity contribution in [1.82, 2.24) is 9.55 Å². The molecule has 1 atom stereocenters. The van der Waals surface area contributed by atoms with Gasteiger partial charge in [0.25, 0.3) is 0 Å². The molecule has 20 heavy (non-hydrogen) atoms. The fraction of sp³-hybridized carbons (Fsp3) is 0.389. The third-order valence-electron chi connectivity index (χ3n) is 3.76. The van der Waals surface area contributed by atoms with Crippen LogP contribution in [0.15, 0.2) is 49.6 Å². The Morgan fingerprint density at radius 2 is 1.90 bits per heavy atom. The van der Waals surface area contributed by atoms with Crippen LogP contribution >= 0.6 is 0 Å². The smallest absolute Gasteiger partial charge is 0.0946 e. The molecule has 0 saturated carbocycles. The van der Waals surface area contributed by atoms with E-state index in [0.717, 1.165) is 6.54 Å². The Bertz CT molecular complexity index is 556. The van der Waals surface area contributed by atoms with Crippen LogP contribution in [0.25, 0.3) is 5.57 Å². The molecule has 2 rings (SSSR count). The standard InChI is InChI=1S/C18H24N2/c1-14(12-20-11-10-19-13-20)15(2)16-6-8-17(9-7-16)18(3,4)5/h6-11,13-14H,2,12H2,1,3-5H3. The van der Waals surface area contributed by atoms with E-state index >= 15 is 0 Å². The lowest BCUT2D eigenvalue weighted by Gasteiger charge is -2.20. The molecule has 1 unspecified atom stereocenters. The maximum Gasteiger partial charge on any atom is 0.0946 e. The second-order valence-corrected chi connectivity index (χ2v) is 6.51. The normalized spacial score (nSPS) is 13.2. The van der Waals surface area contributed by atoms with Crippen LogP contribution in [0.4, 0.5) is 0 Å². The van der Waals surface area contributed by atoms with Crippen molar-refractivity contribution in [3.05, 3.63) is 60.7 Å². The van der Waals surface area contributed by atoms with Gasteiger partial charge in [0.1, 0.15) is 0 Å². The van der Waals surface area contributed by atoms with E-state index in [1.165, 1.54) is 16.7 Å². The van der Waals surface area contributed by atoms with Gasteiger partial charge in [-0.3, -0.25) is 0 Å². The Morgan fingerprint density at radius 1 is 1.25 bits per heavy atom. The summed E-state index contributed by atoms with van der Waals surface area (Å²) < 4.78 is 2.10. The molecule has 0 aliphatic rings. The zero-order valence-electron chi connectivity index (χ0n) is 12.9. The van der Waals surface area contributed by atoms with Crippen molar-refractivity contribution in [2.45, 2.75) is 39.7 Å². The van der Waals surface area contributed by atoms with Gasteiger partial charge >= 0.3 is 0 Å².